The molecule has 1 amide bonds. The molecule has 0 saturated heterocycles. The van der Waals surface area contributed by atoms with E-state index in [1.165, 1.54) is 23.9 Å². The van der Waals surface area contributed by atoms with Crippen LogP contribution in [0.1, 0.15) is 38.9 Å². The van der Waals surface area contributed by atoms with Gasteiger partial charge in [0.05, 0.1) is 18.1 Å². The van der Waals surface area contributed by atoms with E-state index in [-0.39, 0.29) is 11.6 Å². The van der Waals surface area contributed by atoms with Crippen molar-refractivity contribution in [2.75, 3.05) is 7.11 Å². The predicted octanol–water partition coefficient (Wildman–Crippen LogP) is 6.50. The van der Waals surface area contributed by atoms with Crippen LogP contribution in [0.15, 0.2) is 108 Å². The van der Waals surface area contributed by atoms with Crippen molar-refractivity contribution >= 4 is 23.4 Å². The van der Waals surface area contributed by atoms with Crippen LogP contribution in [0.5, 0.6) is 5.75 Å². The number of nitrogens with zero attached hydrogens (tertiary/aromatic N) is 4. The topological polar surface area (TPSA) is 112 Å². The quantitative estimate of drug-likeness (QED) is 0.108. The summed E-state index contributed by atoms with van der Waals surface area (Å²) < 4.78 is 7.18. The maximum atomic E-state index is 13.5. The van der Waals surface area contributed by atoms with E-state index >= 15 is 0 Å². The average molecular weight is 580 g/mol. The summed E-state index contributed by atoms with van der Waals surface area (Å²) in [6.45, 7) is 2.05. The van der Waals surface area contributed by atoms with E-state index < -0.39 is 11.0 Å². The Morgan fingerprint density at radius 1 is 0.952 bits per heavy atom. The zero-order valence-corrected chi connectivity index (χ0v) is 24.0. The van der Waals surface area contributed by atoms with E-state index in [0.717, 1.165) is 16.7 Å². The normalized spacial score (nSPS) is 11.6. The molecule has 212 valence electrons. The zero-order valence-electron chi connectivity index (χ0n) is 23.1. The van der Waals surface area contributed by atoms with E-state index in [1.54, 1.807) is 43.5 Å². The number of nitro groups is 1. The first-order chi connectivity index (χ1) is 20.4. The number of rotatable bonds is 11. The van der Waals surface area contributed by atoms with Gasteiger partial charge in [0.2, 0.25) is 0 Å². The number of nitrogens with one attached hydrogen (secondary N) is 1. The number of hydrogen-bond acceptors (Lipinski definition) is 7. The number of thioether (sulfide) groups is 1. The number of aryl methyl sites for hydroxylation is 1. The highest BCUT2D eigenvalue weighted by Gasteiger charge is 2.26. The van der Waals surface area contributed by atoms with Crippen LogP contribution < -0.4 is 10.1 Å². The van der Waals surface area contributed by atoms with Crippen molar-refractivity contribution in [1.82, 2.24) is 20.1 Å². The third-order valence-corrected chi connectivity index (χ3v) is 7.66. The molecule has 42 heavy (non-hydrogen) atoms. The molecule has 4 aromatic carbocycles. The lowest BCUT2D eigenvalue weighted by molar-refractivity contribution is -0.384. The van der Waals surface area contributed by atoms with E-state index in [2.05, 4.69) is 27.6 Å². The van der Waals surface area contributed by atoms with E-state index in [1.807, 2.05) is 54.0 Å². The zero-order chi connectivity index (χ0) is 29.5. The van der Waals surface area contributed by atoms with E-state index in [4.69, 9.17) is 4.74 Å². The number of aromatic nitrogens is 3. The SMILES string of the molecule is COc1cccc(C(=O)NC(Cc2ccccc2)c2nnc(SCc3cccc(C)c3)n2-c2ccc([N+](=O)[O-])cc2)c1. The molecule has 0 radical (unpaired) electrons. The molecule has 5 rings (SSSR count). The molecule has 1 aromatic heterocycles. The van der Waals surface area contributed by atoms with Gasteiger partial charge < -0.3 is 10.1 Å². The molecule has 0 fully saturated rings. The summed E-state index contributed by atoms with van der Waals surface area (Å²) >= 11 is 1.51. The standard InChI is InChI=1S/C32H29N5O4S/c1-22-8-6-11-24(18-22)21-42-32-35-34-30(36(32)26-14-16-27(17-15-26)37(39)40)29(19-23-9-4-3-5-10-23)33-31(38)25-12-7-13-28(20-25)41-2/h3-18,20,29H,19,21H2,1-2H3,(H,33,38). The number of methoxy groups -OCH3 is 1. The fourth-order valence-corrected chi connectivity index (χ4v) is 5.48. The van der Waals surface area contributed by atoms with Crippen molar-refractivity contribution in [2.45, 2.75) is 30.3 Å². The van der Waals surface area contributed by atoms with Gasteiger partial charge >= 0.3 is 0 Å². The van der Waals surface area contributed by atoms with Crippen LogP contribution >= 0.6 is 11.8 Å². The molecule has 0 aliphatic rings. The smallest absolute Gasteiger partial charge is 0.269 e. The van der Waals surface area contributed by atoms with Crippen LogP contribution in [0.3, 0.4) is 0 Å². The minimum Gasteiger partial charge on any atom is -0.497 e. The molecular weight excluding hydrogens is 550 g/mol. The Morgan fingerprint density at radius 3 is 2.40 bits per heavy atom. The molecule has 1 heterocycles. The molecular formula is C32H29N5O4S. The largest absolute Gasteiger partial charge is 0.497 e. The molecule has 0 aliphatic heterocycles. The minimum atomic E-state index is -0.567. The summed E-state index contributed by atoms with van der Waals surface area (Å²) in [5.41, 5.74) is 4.37. The lowest BCUT2D eigenvalue weighted by atomic mass is 10.0. The molecule has 0 spiro atoms. The number of amides is 1. The summed E-state index contributed by atoms with van der Waals surface area (Å²) in [5.74, 6) is 1.44. The second kappa shape index (κ2) is 13.1. The molecule has 0 saturated carbocycles. The van der Waals surface area contributed by atoms with Crippen LogP contribution in [-0.2, 0) is 12.2 Å². The van der Waals surface area contributed by atoms with Gasteiger partial charge in [0, 0.05) is 29.1 Å². The first kappa shape index (κ1) is 28.6. The van der Waals surface area contributed by atoms with Gasteiger partial charge in [-0.25, -0.2) is 0 Å². The van der Waals surface area contributed by atoms with Gasteiger partial charge in [-0.2, -0.15) is 0 Å². The Kier molecular flexibility index (Phi) is 8.93. The molecule has 10 heteroatoms. The number of carbonyl (C=O) groups is 1. The number of nitro benzene ring substituents is 1. The van der Waals surface area contributed by atoms with Crippen molar-refractivity contribution < 1.29 is 14.5 Å². The Morgan fingerprint density at radius 2 is 1.69 bits per heavy atom. The van der Waals surface area contributed by atoms with Crippen LogP contribution in [0, 0.1) is 17.0 Å². The van der Waals surface area contributed by atoms with Gasteiger partial charge in [-0.15, -0.1) is 10.2 Å². The van der Waals surface area contributed by atoms with Gasteiger partial charge in [0.1, 0.15) is 5.75 Å². The number of carbonyl (C=O) groups excluding carboxylic acids is 1. The lowest BCUT2D eigenvalue weighted by Gasteiger charge is -2.20. The summed E-state index contributed by atoms with van der Waals surface area (Å²) in [6.07, 6.45) is 0.449. The third-order valence-electron chi connectivity index (χ3n) is 6.66. The molecule has 5 aromatic rings. The Bertz CT molecular complexity index is 1690. The van der Waals surface area contributed by atoms with Gasteiger partial charge in [0.25, 0.3) is 11.6 Å². The van der Waals surface area contributed by atoms with Crippen LogP contribution in [0.4, 0.5) is 5.69 Å². The van der Waals surface area contributed by atoms with Crippen molar-refractivity contribution in [1.29, 1.82) is 0 Å². The molecule has 1 unspecified atom stereocenters. The summed E-state index contributed by atoms with van der Waals surface area (Å²) in [4.78, 5) is 24.4. The molecule has 1 N–H and O–H groups in total. The highest BCUT2D eigenvalue weighted by Crippen LogP contribution is 2.30. The van der Waals surface area contributed by atoms with E-state index in [9.17, 15) is 14.9 Å². The maximum Gasteiger partial charge on any atom is 0.269 e. The number of non-ortho nitro benzene ring substituents is 1. The molecule has 9 nitrogen and oxygen atoms in total. The lowest BCUT2D eigenvalue weighted by Crippen LogP contribution is -2.32. The van der Waals surface area contributed by atoms with Crippen molar-refractivity contribution in [3.05, 3.63) is 141 Å². The van der Waals surface area contributed by atoms with Crippen LogP contribution in [0.25, 0.3) is 5.69 Å². The first-order valence-corrected chi connectivity index (χ1v) is 14.3. The number of benzene rings is 4. The van der Waals surface area contributed by atoms with Crippen molar-refractivity contribution in [3.63, 3.8) is 0 Å². The monoisotopic (exact) mass is 579 g/mol. The van der Waals surface area contributed by atoms with Gasteiger partial charge in [-0.05, 0) is 54.8 Å². The number of ether oxygens (including phenoxy) is 1. The van der Waals surface area contributed by atoms with Crippen LogP contribution in [-0.4, -0.2) is 32.7 Å². The third kappa shape index (κ3) is 6.84. The maximum absolute atomic E-state index is 13.5. The number of hydrogen-bond donors (Lipinski definition) is 1. The molecule has 1 atom stereocenters. The second-order valence-electron chi connectivity index (χ2n) is 9.68. The molecule has 0 bridgehead atoms. The van der Waals surface area contributed by atoms with Gasteiger partial charge in [-0.1, -0.05) is 78.0 Å². The second-order valence-corrected chi connectivity index (χ2v) is 10.6. The van der Waals surface area contributed by atoms with Crippen molar-refractivity contribution in [3.8, 4) is 11.4 Å². The van der Waals surface area contributed by atoms with Gasteiger partial charge in [0.15, 0.2) is 11.0 Å². The minimum absolute atomic E-state index is 0.0190. The fraction of sp³-hybridized carbons (Fsp3) is 0.156. The first-order valence-electron chi connectivity index (χ1n) is 13.3. The highest BCUT2D eigenvalue weighted by molar-refractivity contribution is 7.98. The Balaban J connectivity index is 1.55. The van der Waals surface area contributed by atoms with Gasteiger partial charge in [-0.3, -0.25) is 19.5 Å². The summed E-state index contributed by atoms with van der Waals surface area (Å²) in [5, 5.41) is 24.2. The predicted molar refractivity (Wildman–Crippen MR) is 162 cm³/mol. The molecule has 0 aliphatic carbocycles. The summed E-state index contributed by atoms with van der Waals surface area (Å²) in [6, 6.07) is 30.7. The van der Waals surface area contributed by atoms with E-state index in [0.29, 0.717) is 40.2 Å². The van der Waals surface area contributed by atoms with Crippen molar-refractivity contribution in [2.24, 2.45) is 0 Å². The average Bonchev–Trinajstić information content (AvgIpc) is 3.44. The van der Waals surface area contributed by atoms with Crippen LogP contribution in [0.2, 0.25) is 0 Å². The summed E-state index contributed by atoms with van der Waals surface area (Å²) in [7, 11) is 1.55. The fourth-order valence-electron chi connectivity index (χ4n) is 4.58. The highest BCUT2D eigenvalue weighted by atomic mass is 32.2. The Hall–Kier alpha value is -4.96. The Labute approximate surface area is 247 Å².